The van der Waals surface area contributed by atoms with E-state index in [1.165, 1.54) is 24.3 Å². The molecule has 0 saturated carbocycles. The van der Waals surface area contributed by atoms with E-state index in [9.17, 15) is 34.4 Å². The molecule has 260 valence electrons. The molecule has 3 atom stereocenters. The summed E-state index contributed by atoms with van der Waals surface area (Å²) in [6.45, 7) is 15.6. The van der Waals surface area contributed by atoms with E-state index in [0.717, 1.165) is 0 Å². The van der Waals surface area contributed by atoms with E-state index in [4.69, 9.17) is 18.9 Å². The first kappa shape index (κ1) is 40.0. The fourth-order valence-corrected chi connectivity index (χ4v) is 3.82. The van der Waals surface area contributed by atoms with Gasteiger partial charge in [0, 0.05) is 25.1 Å². The Kier molecular flexibility index (Phi) is 15.4. The highest BCUT2D eigenvalue weighted by Crippen LogP contribution is 2.18. The number of benzene rings is 1. The summed E-state index contributed by atoms with van der Waals surface area (Å²) in [6, 6.07) is 1.97. The number of nitro benzene ring substituents is 1. The van der Waals surface area contributed by atoms with Gasteiger partial charge in [-0.15, -0.1) is 0 Å². The zero-order chi connectivity index (χ0) is 35.3. The van der Waals surface area contributed by atoms with Crippen molar-refractivity contribution in [2.24, 2.45) is 0 Å². The Morgan fingerprint density at radius 2 is 1.28 bits per heavy atom. The molecule has 0 heterocycles. The zero-order valence-electron chi connectivity index (χ0n) is 28.3. The molecule has 0 aliphatic rings. The first-order valence-electron chi connectivity index (χ1n) is 15.1. The summed E-state index contributed by atoms with van der Waals surface area (Å²) in [5.41, 5.74) is -2.44. The number of carbonyl (C=O) groups excluding carboxylic acids is 4. The first-order chi connectivity index (χ1) is 21.0. The third-order valence-electron chi connectivity index (χ3n) is 5.63. The lowest BCUT2D eigenvalue weighted by Gasteiger charge is -2.28. The predicted molar refractivity (Wildman–Crippen MR) is 168 cm³/mol. The monoisotopic (exact) mass is 654 g/mol. The van der Waals surface area contributed by atoms with Crippen LogP contribution in [0.3, 0.4) is 0 Å². The van der Waals surface area contributed by atoms with Crippen LogP contribution in [0.5, 0.6) is 5.75 Å². The van der Waals surface area contributed by atoms with E-state index < -0.39 is 64.2 Å². The molecule has 15 heteroatoms. The van der Waals surface area contributed by atoms with Gasteiger partial charge < -0.3 is 40.0 Å². The lowest BCUT2D eigenvalue weighted by molar-refractivity contribution is -0.384. The van der Waals surface area contributed by atoms with Crippen LogP contribution in [0.1, 0.15) is 94.4 Å². The molecule has 1 aromatic rings. The van der Waals surface area contributed by atoms with E-state index in [1.54, 1.807) is 62.3 Å². The van der Waals surface area contributed by atoms with Crippen molar-refractivity contribution in [1.82, 2.24) is 16.0 Å². The van der Waals surface area contributed by atoms with Crippen molar-refractivity contribution < 1.29 is 48.2 Å². The Morgan fingerprint density at radius 1 is 0.783 bits per heavy atom. The molecule has 0 fully saturated rings. The number of hydrogen-bond acceptors (Lipinski definition) is 11. The van der Waals surface area contributed by atoms with Crippen molar-refractivity contribution in [2.75, 3.05) is 6.54 Å². The van der Waals surface area contributed by atoms with Gasteiger partial charge in [-0.2, -0.15) is 0 Å². The molecule has 0 saturated heterocycles. The number of aliphatic hydroxyl groups is 1. The fraction of sp³-hybridized carbons (Fsp3) is 0.677. The minimum Gasteiger partial charge on any atom is -0.458 e. The number of aliphatic hydroxyl groups excluding tert-OH is 1. The molecule has 0 aliphatic carbocycles. The molecule has 3 amide bonds. The fourth-order valence-electron chi connectivity index (χ4n) is 3.82. The Morgan fingerprint density at radius 3 is 1.74 bits per heavy atom. The van der Waals surface area contributed by atoms with E-state index in [-0.39, 0.29) is 37.2 Å². The largest absolute Gasteiger partial charge is 0.458 e. The summed E-state index contributed by atoms with van der Waals surface area (Å²) in [5.74, 6) is -1.27. The van der Waals surface area contributed by atoms with E-state index in [0.29, 0.717) is 12.8 Å². The maximum atomic E-state index is 13.0. The summed E-state index contributed by atoms with van der Waals surface area (Å²) in [7, 11) is 0. The number of rotatable bonds is 15. The van der Waals surface area contributed by atoms with Crippen molar-refractivity contribution in [3.8, 4) is 5.75 Å². The van der Waals surface area contributed by atoms with Gasteiger partial charge >= 0.3 is 24.1 Å². The highest BCUT2D eigenvalue weighted by atomic mass is 16.6. The highest BCUT2D eigenvalue weighted by Gasteiger charge is 2.31. The second-order valence-corrected chi connectivity index (χ2v) is 13.6. The number of urea groups is 1. The molecule has 15 nitrogen and oxygen atoms in total. The summed E-state index contributed by atoms with van der Waals surface area (Å²) >= 11 is 0. The van der Waals surface area contributed by atoms with Crippen LogP contribution in [0.15, 0.2) is 24.3 Å². The van der Waals surface area contributed by atoms with Gasteiger partial charge in [0.1, 0.15) is 29.0 Å². The molecule has 1 rings (SSSR count). The number of nitrogens with zero attached hydrogens (tertiary/aromatic N) is 1. The van der Waals surface area contributed by atoms with Crippen LogP contribution in [0, 0.1) is 10.1 Å². The van der Waals surface area contributed by atoms with Gasteiger partial charge in [0.15, 0.2) is 6.29 Å². The van der Waals surface area contributed by atoms with Gasteiger partial charge in [-0.05, 0) is 100 Å². The maximum Gasteiger partial charge on any atom is 0.412 e. The van der Waals surface area contributed by atoms with Crippen LogP contribution in [-0.2, 0) is 23.8 Å². The maximum absolute atomic E-state index is 13.0. The Bertz CT molecular complexity index is 1170. The first-order valence-corrected chi connectivity index (χ1v) is 15.1. The molecule has 46 heavy (non-hydrogen) atoms. The van der Waals surface area contributed by atoms with Crippen LogP contribution >= 0.6 is 0 Å². The minimum atomic E-state index is -1.19. The molecule has 1 aromatic carbocycles. The predicted octanol–water partition coefficient (Wildman–Crippen LogP) is 4.49. The molecule has 0 aliphatic heterocycles. The van der Waals surface area contributed by atoms with Crippen LogP contribution in [-0.4, -0.2) is 75.8 Å². The Balaban J connectivity index is 2.80. The number of non-ortho nitro benzene ring substituents is 1. The van der Waals surface area contributed by atoms with Gasteiger partial charge in [-0.3, -0.25) is 10.1 Å². The van der Waals surface area contributed by atoms with Gasteiger partial charge in [-0.25, -0.2) is 19.2 Å². The standard InChI is InChI=1S/C31H50N4O11/c1-29(2,3)44-24(36)18-17-23(26(38)46-31(7,8)9)34-27(39)33-22(25(37)45-30(4,5)6)12-10-11-19-32-28(40)43-21-15-13-20(14-16-21)35(41)42/h13-16,22-24,36H,10-12,17-19H2,1-9H3,(H,32,40)(H2,33,34,39)/t22-,23-,24?/m0/s1. The smallest absolute Gasteiger partial charge is 0.412 e. The number of nitrogens with one attached hydrogen (secondary N) is 3. The number of ether oxygens (including phenoxy) is 4. The van der Waals surface area contributed by atoms with Gasteiger partial charge in [0.25, 0.3) is 5.69 Å². The van der Waals surface area contributed by atoms with Crippen LogP contribution < -0.4 is 20.7 Å². The normalized spacial score (nSPS) is 13.9. The van der Waals surface area contributed by atoms with Crippen molar-refractivity contribution in [3.05, 3.63) is 34.4 Å². The van der Waals surface area contributed by atoms with Crippen LogP contribution in [0.2, 0.25) is 0 Å². The minimum absolute atomic E-state index is 0.00166. The van der Waals surface area contributed by atoms with Gasteiger partial charge in [0.2, 0.25) is 0 Å². The van der Waals surface area contributed by atoms with Crippen molar-refractivity contribution in [3.63, 3.8) is 0 Å². The van der Waals surface area contributed by atoms with E-state index >= 15 is 0 Å². The number of amides is 3. The second-order valence-electron chi connectivity index (χ2n) is 13.6. The molecule has 1 unspecified atom stereocenters. The number of nitro groups is 1. The third-order valence-corrected chi connectivity index (χ3v) is 5.63. The van der Waals surface area contributed by atoms with Crippen LogP contribution in [0.4, 0.5) is 15.3 Å². The van der Waals surface area contributed by atoms with Crippen molar-refractivity contribution in [2.45, 2.75) is 130 Å². The molecule has 0 radical (unpaired) electrons. The summed E-state index contributed by atoms with van der Waals surface area (Å²) < 4.78 is 21.5. The van der Waals surface area contributed by atoms with E-state index in [2.05, 4.69) is 16.0 Å². The summed E-state index contributed by atoms with van der Waals surface area (Å²) in [5, 5.41) is 28.7. The molecule has 0 bridgehead atoms. The number of esters is 2. The Labute approximate surface area is 270 Å². The van der Waals surface area contributed by atoms with Crippen molar-refractivity contribution >= 4 is 29.8 Å². The molecule has 4 N–H and O–H groups in total. The van der Waals surface area contributed by atoms with Gasteiger partial charge in [0.05, 0.1) is 10.5 Å². The SMILES string of the molecule is CC(C)(C)OC(=O)[C@H](CCCCNC(=O)Oc1ccc([N+](=O)[O-])cc1)NC(=O)N[C@@H](CCC(O)OC(C)(C)C)C(=O)OC(C)(C)C. The van der Waals surface area contributed by atoms with Gasteiger partial charge in [-0.1, -0.05) is 0 Å². The molecular formula is C31H50N4O11. The quantitative estimate of drug-likeness (QED) is 0.0682. The average molecular weight is 655 g/mol. The average Bonchev–Trinajstić information content (AvgIpc) is 2.87. The summed E-state index contributed by atoms with van der Waals surface area (Å²) in [6.07, 6.45) is -0.991. The zero-order valence-corrected chi connectivity index (χ0v) is 28.3. The third kappa shape index (κ3) is 18.1. The number of hydrogen-bond donors (Lipinski definition) is 4. The molecule has 0 spiro atoms. The number of carbonyl (C=O) groups is 4. The lowest BCUT2D eigenvalue weighted by atomic mass is 10.1. The summed E-state index contributed by atoms with van der Waals surface area (Å²) in [4.78, 5) is 61.2. The highest BCUT2D eigenvalue weighted by molar-refractivity contribution is 5.87. The Hall–Kier alpha value is -3.98. The second kappa shape index (κ2) is 17.6. The van der Waals surface area contributed by atoms with E-state index in [1.807, 2.05) is 0 Å². The molecular weight excluding hydrogens is 604 g/mol. The van der Waals surface area contributed by atoms with Crippen LogP contribution in [0.25, 0.3) is 0 Å². The van der Waals surface area contributed by atoms with Crippen molar-refractivity contribution in [1.29, 1.82) is 0 Å². The topological polar surface area (TPSA) is 205 Å². The number of unbranched alkanes of at least 4 members (excludes halogenated alkanes) is 1. The lowest BCUT2D eigenvalue weighted by Crippen LogP contribution is -2.53. The molecule has 0 aromatic heterocycles.